The fourth-order valence-corrected chi connectivity index (χ4v) is 1.22. The molecule has 1 rings (SSSR count). The van der Waals surface area contributed by atoms with Gasteiger partial charge in [0.25, 0.3) is 0 Å². The van der Waals surface area contributed by atoms with Crippen molar-refractivity contribution in [1.29, 1.82) is 0 Å². The highest BCUT2D eigenvalue weighted by atomic mass is 35.5. The molecule has 0 bridgehead atoms. The Balaban J connectivity index is 2.41. The Hall–Kier alpha value is -0.470. The smallest absolute Gasteiger partial charge is 0.0820 e. The van der Waals surface area contributed by atoms with Gasteiger partial charge in [-0.05, 0) is 19.4 Å². The third kappa shape index (κ3) is 3.83. The molecule has 0 aliphatic carbocycles. The molecule has 0 saturated heterocycles. The number of rotatable bonds is 4. The molecule has 1 aromatic rings. The van der Waals surface area contributed by atoms with Crippen LogP contribution in [0.15, 0.2) is 18.5 Å². The van der Waals surface area contributed by atoms with E-state index >= 15 is 0 Å². The summed E-state index contributed by atoms with van der Waals surface area (Å²) in [6, 6.07) is 1.85. The van der Waals surface area contributed by atoms with Crippen molar-refractivity contribution in [2.24, 2.45) is 0 Å². The van der Waals surface area contributed by atoms with E-state index in [0.29, 0.717) is 5.02 Å². The maximum absolute atomic E-state index is 5.88. The normalized spacial score (nSPS) is 12.5. The van der Waals surface area contributed by atoms with E-state index in [9.17, 15) is 0 Å². The highest BCUT2D eigenvalue weighted by Gasteiger charge is 1.99. The van der Waals surface area contributed by atoms with Crippen LogP contribution in [-0.4, -0.2) is 16.9 Å². The third-order valence-corrected chi connectivity index (χ3v) is 2.15. The first-order valence-corrected chi connectivity index (χ1v) is 4.99. The molecule has 13 heavy (non-hydrogen) atoms. The van der Waals surface area contributed by atoms with Crippen molar-refractivity contribution in [3.63, 3.8) is 0 Å². The Bertz CT molecular complexity index is 264. The summed E-state index contributed by atoms with van der Waals surface area (Å²) >= 11 is 11.7. The molecule has 1 heterocycles. The number of halogens is 2. The zero-order valence-corrected chi connectivity index (χ0v) is 8.94. The molecular formula is C9H12Cl2N2. The van der Waals surface area contributed by atoms with Gasteiger partial charge >= 0.3 is 0 Å². The average molecular weight is 219 g/mol. The van der Waals surface area contributed by atoms with Crippen LogP contribution in [0.4, 0.5) is 5.69 Å². The highest BCUT2D eigenvalue weighted by molar-refractivity contribution is 6.33. The Kier molecular flexibility index (Phi) is 4.33. The first-order valence-electron chi connectivity index (χ1n) is 4.17. The van der Waals surface area contributed by atoms with Crippen LogP contribution in [0.3, 0.4) is 0 Å². The first-order chi connectivity index (χ1) is 6.20. The molecule has 0 aliphatic heterocycles. The summed E-state index contributed by atoms with van der Waals surface area (Å²) in [4.78, 5) is 3.89. The molecule has 2 nitrogen and oxygen atoms in total. The van der Waals surface area contributed by atoms with E-state index in [1.165, 1.54) is 0 Å². The second-order valence-corrected chi connectivity index (χ2v) is 4.00. The van der Waals surface area contributed by atoms with E-state index in [1.54, 1.807) is 12.4 Å². The van der Waals surface area contributed by atoms with Gasteiger partial charge in [-0.3, -0.25) is 4.98 Å². The van der Waals surface area contributed by atoms with Gasteiger partial charge in [0.05, 0.1) is 10.7 Å². The van der Waals surface area contributed by atoms with Gasteiger partial charge in [0.1, 0.15) is 0 Å². The molecule has 0 spiro atoms. The van der Waals surface area contributed by atoms with Crippen LogP contribution < -0.4 is 5.32 Å². The van der Waals surface area contributed by atoms with Crippen molar-refractivity contribution in [1.82, 2.24) is 4.98 Å². The highest BCUT2D eigenvalue weighted by Crippen LogP contribution is 2.18. The number of nitrogens with zero attached hydrogens (tertiary/aromatic N) is 1. The summed E-state index contributed by atoms with van der Waals surface area (Å²) in [6.45, 7) is 2.80. The van der Waals surface area contributed by atoms with Crippen LogP contribution in [0, 0.1) is 0 Å². The van der Waals surface area contributed by atoms with Crippen LogP contribution in [-0.2, 0) is 0 Å². The molecule has 4 heteroatoms. The van der Waals surface area contributed by atoms with E-state index in [2.05, 4.69) is 10.3 Å². The lowest BCUT2D eigenvalue weighted by Gasteiger charge is -2.07. The molecule has 1 unspecified atom stereocenters. The number of hydrogen-bond donors (Lipinski definition) is 1. The molecule has 0 aromatic carbocycles. The SMILES string of the molecule is CC(Cl)CCNc1ccncc1Cl. The van der Waals surface area contributed by atoms with Crippen molar-refractivity contribution >= 4 is 28.9 Å². The number of hydrogen-bond acceptors (Lipinski definition) is 2. The molecule has 1 N–H and O–H groups in total. The maximum Gasteiger partial charge on any atom is 0.0820 e. The second-order valence-electron chi connectivity index (χ2n) is 2.85. The number of pyridine rings is 1. The Morgan fingerprint density at radius 1 is 1.62 bits per heavy atom. The second kappa shape index (κ2) is 5.30. The molecule has 0 amide bonds. The molecule has 72 valence electrons. The van der Waals surface area contributed by atoms with Crippen molar-refractivity contribution in [2.75, 3.05) is 11.9 Å². The topological polar surface area (TPSA) is 24.9 Å². The van der Waals surface area contributed by atoms with Crippen molar-refractivity contribution in [3.8, 4) is 0 Å². The Labute approximate surface area is 88.3 Å². The van der Waals surface area contributed by atoms with Gasteiger partial charge in [0.15, 0.2) is 0 Å². The number of nitrogens with one attached hydrogen (secondary N) is 1. The summed E-state index contributed by atoms with van der Waals surface area (Å²) in [5, 5.41) is 4.02. The van der Waals surface area contributed by atoms with Gasteiger partial charge in [-0.2, -0.15) is 0 Å². The van der Waals surface area contributed by atoms with Crippen LogP contribution in [0.1, 0.15) is 13.3 Å². The third-order valence-electron chi connectivity index (χ3n) is 1.63. The number of alkyl halides is 1. The molecule has 0 saturated carbocycles. The minimum atomic E-state index is 0.188. The quantitative estimate of drug-likeness (QED) is 0.786. The Morgan fingerprint density at radius 2 is 2.38 bits per heavy atom. The minimum Gasteiger partial charge on any atom is -0.384 e. The van der Waals surface area contributed by atoms with Gasteiger partial charge in [-0.15, -0.1) is 11.6 Å². The van der Waals surface area contributed by atoms with Crippen molar-refractivity contribution < 1.29 is 0 Å². The zero-order valence-electron chi connectivity index (χ0n) is 7.43. The fraction of sp³-hybridized carbons (Fsp3) is 0.444. The van der Waals surface area contributed by atoms with Gasteiger partial charge in [-0.25, -0.2) is 0 Å². The fourth-order valence-electron chi connectivity index (χ4n) is 0.924. The molecule has 1 atom stereocenters. The van der Waals surface area contributed by atoms with Crippen LogP contribution in [0.5, 0.6) is 0 Å². The van der Waals surface area contributed by atoms with E-state index in [-0.39, 0.29) is 5.38 Å². The lowest BCUT2D eigenvalue weighted by molar-refractivity contribution is 0.842. The molecule has 0 aliphatic rings. The average Bonchev–Trinajstić information content (AvgIpc) is 2.08. The minimum absolute atomic E-state index is 0.188. The molecule has 0 radical (unpaired) electrons. The van der Waals surface area contributed by atoms with Crippen LogP contribution >= 0.6 is 23.2 Å². The maximum atomic E-state index is 5.88. The Morgan fingerprint density at radius 3 is 3.00 bits per heavy atom. The van der Waals surface area contributed by atoms with Gasteiger partial charge in [0, 0.05) is 24.3 Å². The first kappa shape index (κ1) is 10.6. The van der Waals surface area contributed by atoms with E-state index in [4.69, 9.17) is 23.2 Å². The summed E-state index contributed by atoms with van der Waals surface area (Å²) < 4.78 is 0. The van der Waals surface area contributed by atoms with Crippen LogP contribution in [0.25, 0.3) is 0 Å². The monoisotopic (exact) mass is 218 g/mol. The summed E-state index contributed by atoms with van der Waals surface area (Å²) in [7, 11) is 0. The standard InChI is InChI=1S/C9H12Cl2N2/c1-7(10)2-5-13-9-3-4-12-6-8(9)11/h3-4,6-7H,2,5H2,1H3,(H,12,13). The lowest BCUT2D eigenvalue weighted by atomic mass is 10.3. The van der Waals surface area contributed by atoms with Crippen molar-refractivity contribution in [3.05, 3.63) is 23.5 Å². The molecule has 1 aromatic heterocycles. The predicted octanol–water partition coefficient (Wildman–Crippen LogP) is 3.16. The van der Waals surface area contributed by atoms with E-state index < -0.39 is 0 Å². The zero-order chi connectivity index (χ0) is 9.68. The van der Waals surface area contributed by atoms with Crippen LogP contribution in [0.2, 0.25) is 5.02 Å². The number of anilines is 1. The summed E-state index contributed by atoms with van der Waals surface area (Å²) in [6.07, 6.45) is 4.24. The molecular weight excluding hydrogens is 207 g/mol. The largest absolute Gasteiger partial charge is 0.384 e. The van der Waals surface area contributed by atoms with Crippen molar-refractivity contribution in [2.45, 2.75) is 18.7 Å². The van der Waals surface area contributed by atoms with E-state index in [0.717, 1.165) is 18.7 Å². The predicted molar refractivity (Wildman–Crippen MR) is 57.7 cm³/mol. The van der Waals surface area contributed by atoms with Gasteiger partial charge in [-0.1, -0.05) is 11.6 Å². The molecule has 0 fully saturated rings. The van der Waals surface area contributed by atoms with Gasteiger partial charge < -0.3 is 5.32 Å². The lowest BCUT2D eigenvalue weighted by Crippen LogP contribution is -2.06. The van der Waals surface area contributed by atoms with E-state index in [1.807, 2.05) is 13.0 Å². The van der Waals surface area contributed by atoms with Gasteiger partial charge in [0.2, 0.25) is 0 Å². The summed E-state index contributed by atoms with van der Waals surface area (Å²) in [5.74, 6) is 0. The number of aromatic nitrogens is 1. The summed E-state index contributed by atoms with van der Waals surface area (Å²) in [5.41, 5.74) is 0.911.